The molecule has 2 aromatic heterocycles. The predicted octanol–water partition coefficient (Wildman–Crippen LogP) is 5.05. The van der Waals surface area contributed by atoms with Gasteiger partial charge in [0.25, 0.3) is 0 Å². The number of aromatic amines is 1. The summed E-state index contributed by atoms with van der Waals surface area (Å²) in [5.41, 5.74) is 4.53. The van der Waals surface area contributed by atoms with E-state index in [-0.39, 0.29) is 0 Å². The highest BCUT2D eigenvalue weighted by Crippen LogP contribution is 2.24. The van der Waals surface area contributed by atoms with Gasteiger partial charge in [0.15, 0.2) is 0 Å². The van der Waals surface area contributed by atoms with Gasteiger partial charge >= 0.3 is 0 Å². The predicted molar refractivity (Wildman–Crippen MR) is 81.5 cm³/mol. The molecule has 18 heavy (non-hydrogen) atoms. The molecule has 0 bridgehead atoms. The van der Waals surface area contributed by atoms with Gasteiger partial charge in [-0.15, -0.1) is 0 Å². The zero-order chi connectivity index (χ0) is 13.4. The molecular formula is C16H22N2. The minimum atomic E-state index is 0.997. The van der Waals surface area contributed by atoms with Crippen LogP contribution in [0, 0.1) is 0 Å². The van der Waals surface area contributed by atoms with Crippen LogP contribution >= 0.6 is 0 Å². The van der Waals surface area contributed by atoms with Crippen molar-refractivity contribution in [2.45, 2.75) is 34.1 Å². The van der Waals surface area contributed by atoms with Crippen LogP contribution in [0.25, 0.3) is 23.2 Å². The van der Waals surface area contributed by atoms with Gasteiger partial charge in [0.05, 0.1) is 11.0 Å². The van der Waals surface area contributed by atoms with Crippen LogP contribution in [0.2, 0.25) is 0 Å². The number of allylic oxidation sites excluding steroid dienone is 2. The molecule has 2 aromatic rings. The third-order valence-electron chi connectivity index (χ3n) is 2.46. The fraction of sp³-hybridized carbons (Fsp3) is 0.312. The molecule has 0 saturated carbocycles. The van der Waals surface area contributed by atoms with Gasteiger partial charge < -0.3 is 4.98 Å². The Morgan fingerprint density at radius 3 is 2.56 bits per heavy atom. The second-order valence-corrected chi connectivity index (χ2v) is 3.39. The summed E-state index contributed by atoms with van der Waals surface area (Å²) in [4.78, 5) is 7.74. The molecule has 2 heteroatoms. The highest BCUT2D eigenvalue weighted by molar-refractivity contribution is 5.90. The Kier molecular flexibility index (Phi) is 5.92. The first-order valence-corrected chi connectivity index (χ1v) is 6.75. The van der Waals surface area contributed by atoms with Crippen molar-refractivity contribution >= 4 is 23.2 Å². The third kappa shape index (κ3) is 2.89. The highest BCUT2D eigenvalue weighted by Gasteiger charge is 2.08. The Balaban J connectivity index is 0.000000371. The van der Waals surface area contributed by atoms with Crippen molar-refractivity contribution in [1.29, 1.82) is 0 Å². The summed E-state index contributed by atoms with van der Waals surface area (Å²) in [7, 11) is 0. The van der Waals surface area contributed by atoms with E-state index in [2.05, 4.69) is 40.3 Å². The molecule has 96 valence electrons. The SMILES string of the molecule is C1=Cc2[nH]c3cccnc3c2C=CC1.CC.CC. The first-order valence-electron chi connectivity index (χ1n) is 6.75. The molecule has 1 aliphatic carbocycles. The summed E-state index contributed by atoms with van der Waals surface area (Å²) < 4.78 is 0. The van der Waals surface area contributed by atoms with Gasteiger partial charge in [0.1, 0.15) is 0 Å². The first kappa shape index (κ1) is 14.2. The first-order chi connectivity index (χ1) is 8.95. The van der Waals surface area contributed by atoms with Gasteiger partial charge in [0, 0.05) is 17.5 Å². The van der Waals surface area contributed by atoms with Crippen molar-refractivity contribution in [3.8, 4) is 0 Å². The fourth-order valence-corrected chi connectivity index (χ4v) is 1.81. The number of hydrogen-bond acceptors (Lipinski definition) is 1. The lowest BCUT2D eigenvalue weighted by Crippen LogP contribution is -1.75. The fourth-order valence-electron chi connectivity index (χ4n) is 1.81. The summed E-state index contributed by atoms with van der Waals surface area (Å²) >= 11 is 0. The van der Waals surface area contributed by atoms with Crippen LogP contribution in [0.5, 0.6) is 0 Å². The maximum absolute atomic E-state index is 4.38. The standard InChI is InChI=1S/C12H10N2.2C2H6/c1-2-5-9-10(6-3-1)14-11-7-4-8-13-12(9)11;2*1-2/h2-8,14H,1H2;2*1-2H3. The summed E-state index contributed by atoms with van der Waals surface area (Å²) in [5, 5.41) is 0. The Morgan fingerprint density at radius 2 is 1.78 bits per heavy atom. The molecule has 0 unspecified atom stereocenters. The molecule has 2 heterocycles. The normalized spacial score (nSPS) is 11.8. The van der Waals surface area contributed by atoms with E-state index >= 15 is 0 Å². The molecule has 1 aliphatic rings. The van der Waals surface area contributed by atoms with Crippen LogP contribution < -0.4 is 0 Å². The van der Waals surface area contributed by atoms with Crippen LogP contribution in [-0.4, -0.2) is 9.97 Å². The monoisotopic (exact) mass is 242 g/mol. The molecule has 0 radical (unpaired) electrons. The van der Waals surface area contributed by atoms with Crippen molar-refractivity contribution in [3.05, 3.63) is 41.7 Å². The molecule has 0 aromatic carbocycles. The summed E-state index contributed by atoms with van der Waals surface area (Å²) in [6.07, 6.45) is 11.4. The van der Waals surface area contributed by atoms with Gasteiger partial charge in [-0.2, -0.15) is 0 Å². The number of nitrogens with one attached hydrogen (secondary N) is 1. The van der Waals surface area contributed by atoms with E-state index in [1.807, 2.05) is 40.0 Å². The van der Waals surface area contributed by atoms with Crippen LogP contribution in [-0.2, 0) is 0 Å². The number of rotatable bonds is 0. The van der Waals surface area contributed by atoms with Gasteiger partial charge in [0.2, 0.25) is 0 Å². The van der Waals surface area contributed by atoms with Crippen molar-refractivity contribution < 1.29 is 0 Å². The number of aromatic nitrogens is 2. The lowest BCUT2D eigenvalue weighted by molar-refractivity contribution is 1.39. The Labute approximate surface area is 109 Å². The Morgan fingerprint density at radius 1 is 1.06 bits per heavy atom. The second kappa shape index (κ2) is 7.49. The molecule has 0 amide bonds. The van der Waals surface area contributed by atoms with Crippen molar-refractivity contribution in [1.82, 2.24) is 9.97 Å². The minimum absolute atomic E-state index is 0.997. The zero-order valence-corrected chi connectivity index (χ0v) is 11.7. The van der Waals surface area contributed by atoms with E-state index < -0.39 is 0 Å². The van der Waals surface area contributed by atoms with Crippen molar-refractivity contribution in [3.63, 3.8) is 0 Å². The highest BCUT2D eigenvalue weighted by atomic mass is 14.8. The Bertz CT molecular complexity index is 533. The zero-order valence-electron chi connectivity index (χ0n) is 11.7. The molecule has 2 nitrogen and oxygen atoms in total. The molecule has 0 atom stereocenters. The quantitative estimate of drug-likeness (QED) is 0.688. The minimum Gasteiger partial charge on any atom is -0.353 e. The van der Waals surface area contributed by atoms with Crippen LogP contribution in [0.1, 0.15) is 45.4 Å². The molecule has 0 saturated heterocycles. The topological polar surface area (TPSA) is 28.7 Å². The van der Waals surface area contributed by atoms with Gasteiger partial charge in [-0.1, -0.05) is 45.9 Å². The lowest BCUT2D eigenvalue weighted by Gasteiger charge is -1.89. The van der Waals surface area contributed by atoms with E-state index in [1.165, 1.54) is 5.56 Å². The maximum Gasteiger partial charge on any atom is 0.0957 e. The smallest absolute Gasteiger partial charge is 0.0957 e. The van der Waals surface area contributed by atoms with Crippen LogP contribution in [0.3, 0.4) is 0 Å². The van der Waals surface area contributed by atoms with E-state index in [9.17, 15) is 0 Å². The number of fused-ring (bicyclic) bond motifs is 3. The number of nitrogens with zero attached hydrogens (tertiary/aromatic N) is 1. The molecular weight excluding hydrogens is 220 g/mol. The van der Waals surface area contributed by atoms with E-state index in [0.29, 0.717) is 0 Å². The Hall–Kier alpha value is -1.83. The average Bonchev–Trinajstić information content (AvgIpc) is 2.65. The second-order valence-electron chi connectivity index (χ2n) is 3.39. The van der Waals surface area contributed by atoms with Gasteiger partial charge in [-0.25, -0.2) is 0 Å². The molecule has 1 N–H and O–H groups in total. The van der Waals surface area contributed by atoms with Crippen LogP contribution in [0.15, 0.2) is 30.5 Å². The van der Waals surface area contributed by atoms with Gasteiger partial charge in [-0.05, 0) is 24.6 Å². The molecule has 0 spiro atoms. The average molecular weight is 242 g/mol. The molecule has 0 aliphatic heterocycles. The van der Waals surface area contributed by atoms with E-state index in [0.717, 1.165) is 23.1 Å². The third-order valence-corrected chi connectivity index (χ3v) is 2.46. The summed E-state index contributed by atoms with van der Waals surface area (Å²) in [6, 6.07) is 4.00. The maximum atomic E-state index is 4.38. The van der Waals surface area contributed by atoms with Crippen molar-refractivity contribution in [2.24, 2.45) is 0 Å². The number of pyridine rings is 1. The largest absolute Gasteiger partial charge is 0.353 e. The summed E-state index contributed by atoms with van der Waals surface area (Å²) in [5.74, 6) is 0. The van der Waals surface area contributed by atoms with Gasteiger partial charge in [-0.3, -0.25) is 4.98 Å². The van der Waals surface area contributed by atoms with Crippen molar-refractivity contribution in [2.75, 3.05) is 0 Å². The lowest BCUT2D eigenvalue weighted by atomic mass is 10.2. The summed E-state index contributed by atoms with van der Waals surface area (Å²) in [6.45, 7) is 8.00. The van der Waals surface area contributed by atoms with E-state index in [4.69, 9.17) is 0 Å². The number of hydrogen-bond donors (Lipinski definition) is 1. The van der Waals surface area contributed by atoms with E-state index in [1.54, 1.807) is 0 Å². The number of H-pyrrole nitrogens is 1. The molecule has 3 rings (SSSR count). The molecule has 0 fully saturated rings. The van der Waals surface area contributed by atoms with Crippen LogP contribution in [0.4, 0.5) is 0 Å².